The quantitative estimate of drug-likeness (QED) is 0.229. The van der Waals surface area contributed by atoms with Crippen molar-refractivity contribution in [2.24, 2.45) is 0 Å². The molecule has 19 heavy (non-hydrogen) atoms. The number of unbranched alkanes of at least 4 members (excludes halogenated alkanes) is 9. The SMILES string of the molecule is CCCCCCCCCCCC[As+](CC)(CC)CC. The minimum atomic E-state index is -1.16. The molecule has 0 unspecified atom stereocenters. The molecule has 0 bridgehead atoms. The molecule has 0 saturated heterocycles. The van der Waals surface area contributed by atoms with Gasteiger partial charge in [-0.1, -0.05) is 0 Å². The Bertz CT molecular complexity index is 164. The first-order valence-electron chi connectivity index (χ1n) is 9.09. The molecule has 0 heterocycles. The van der Waals surface area contributed by atoms with Crippen LogP contribution in [0.1, 0.15) is 91.9 Å². The summed E-state index contributed by atoms with van der Waals surface area (Å²) in [5.74, 6) is 0. The Hall–Kier alpha value is 0.558. The maximum atomic E-state index is 2.45. The van der Waals surface area contributed by atoms with Gasteiger partial charge >= 0.3 is 126 Å². The van der Waals surface area contributed by atoms with Crippen molar-refractivity contribution in [2.75, 3.05) is 0 Å². The van der Waals surface area contributed by atoms with Gasteiger partial charge < -0.3 is 0 Å². The zero-order chi connectivity index (χ0) is 14.4. The molecule has 0 aromatic carbocycles. The van der Waals surface area contributed by atoms with E-state index in [1.54, 1.807) is 27.3 Å². The van der Waals surface area contributed by atoms with E-state index in [-0.39, 0.29) is 0 Å². The second kappa shape index (κ2) is 13.5. The summed E-state index contributed by atoms with van der Waals surface area (Å²) in [6.45, 7) is 9.66. The van der Waals surface area contributed by atoms with Crippen molar-refractivity contribution >= 4 is 13.6 Å². The molecule has 0 amide bonds. The summed E-state index contributed by atoms with van der Waals surface area (Å²) in [6, 6.07) is 0. The van der Waals surface area contributed by atoms with Gasteiger partial charge in [-0.2, -0.15) is 0 Å². The zero-order valence-corrected chi connectivity index (χ0v) is 16.2. The van der Waals surface area contributed by atoms with Gasteiger partial charge in [-0.05, 0) is 0 Å². The third kappa shape index (κ3) is 10.00. The second-order valence-corrected chi connectivity index (χ2v) is 16.7. The fraction of sp³-hybridized carbons (Fsp3) is 1.00. The monoisotopic (exact) mass is 331 g/mol. The van der Waals surface area contributed by atoms with Crippen LogP contribution in [0.5, 0.6) is 0 Å². The van der Waals surface area contributed by atoms with E-state index < -0.39 is 13.6 Å². The van der Waals surface area contributed by atoms with E-state index in [2.05, 4.69) is 27.7 Å². The van der Waals surface area contributed by atoms with Crippen molar-refractivity contribution in [3.05, 3.63) is 0 Å². The Balaban J connectivity index is 3.35. The minimum absolute atomic E-state index is 1.16. The summed E-state index contributed by atoms with van der Waals surface area (Å²) >= 11 is -1.16. The number of rotatable bonds is 14. The van der Waals surface area contributed by atoms with E-state index in [0.29, 0.717) is 0 Å². The maximum absolute atomic E-state index is 2.45. The van der Waals surface area contributed by atoms with Gasteiger partial charge in [0.15, 0.2) is 0 Å². The molecule has 0 aromatic rings. The van der Waals surface area contributed by atoms with Gasteiger partial charge in [-0.3, -0.25) is 0 Å². The van der Waals surface area contributed by atoms with Crippen molar-refractivity contribution in [3.8, 4) is 0 Å². The van der Waals surface area contributed by atoms with Crippen molar-refractivity contribution in [2.45, 2.75) is 113 Å². The molecule has 0 rings (SSSR count). The number of hydrogen-bond donors (Lipinski definition) is 0. The van der Waals surface area contributed by atoms with E-state index in [1.165, 1.54) is 57.8 Å². The first-order valence-corrected chi connectivity index (χ1v) is 14.4. The molecule has 0 aliphatic heterocycles. The standard InChI is InChI=1S/C18H40As/c1-5-9-10-11-12-13-14-15-16-17-18-19(6-2,7-3)8-4/h5-18H2,1-4H3/q+1. The van der Waals surface area contributed by atoms with Crippen molar-refractivity contribution in [1.82, 2.24) is 0 Å². The van der Waals surface area contributed by atoms with Gasteiger partial charge in [0.05, 0.1) is 0 Å². The Morgan fingerprint density at radius 3 is 1.21 bits per heavy atom. The van der Waals surface area contributed by atoms with Crippen LogP contribution in [0.15, 0.2) is 0 Å². The summed E-state index contributed by atoms with van der Waals surface area (Å²) in [4.78, 5) is 0. The Morgan fingerprint density at radius 2 is 0.842 bits per heavy atom. The van der Waals surface area contributed by atoms with Gasteiger partial charge in [0.2, 0.25) is 0 Å². The van der Waals surface area contributed by atoms with Gasteiger partial charge in [-0.25, -0.2) is 0 Å². The van der Waals surface area contributed by atoms with E-state index >= 15 is 0 Å². The van der Waals surface area contributed by atoms with Crippen LogP contribution < -0.4 is 0 Å². The molecule has 0 saturated carbocycles. The summed E-state index contributed by atoms with van der Waals surface area (Å²) < 4.78 is 0. The van der Waals surface area contributed by atoms with Crippen LogP contribution in [-0.4, -0.2) is 13.6 Å². The molecule has 0 nitrogen and oxygen atoms in total. The molecule has 0 aliphatic rings. The Kier molecular flexibility index (Phi) is 13.9. The van der Waals surface area contributed by atoms with Crippen LogP contribution in [0.3, 0.4) is 0 Å². The number of hydrogen-bond acceptors (Lipinski definition) is 0. The molecule has 0 aromatic heterocycles. The van der Waals surface area contributed by atoms with Crippen LogP contribution in [-0.2, 0) is 0 Å². The predicted octanol–water partition coefficient (Wildman–Crippen LogP) is 7.42. The topological polar surface area (TPSA) is 0 Å². The van der Waals surface area contributed by atoms with Crippen LogP contribution >= 0.6 is 0 Å². The molecule has 0 aliphatic carbocycles. The van der Waals surface area contributed by atoms with Crippen LogP contribution in [0.4, 0.5) is 0 Å². The van der Waals surface area contributed by atoms with E-state index in [9.17, 15) is 0 Å². The molecule has 1 heteroatoms. The molecular weight excluding hydrogens is 291 g/mol. The van der Waals surface area contributed by atoms with Gasteiger partial charge in [-0.15, -0.1) is 0 Å². The molecule has 0 spiro atoms. The van der Waals surface area contributed by atoms with E-state index in [0.717, 1.165) is 0 Å². The second-order valence-electron chi connectivity index (χ2n) is 6.20. The third-order valence-corrected chi connectivity index (χ3v) is 16.1. The fourth-order valence-corrected chi connectivity index (χ4v) is 9.76. The average Bonchev–Trinajstić information content (AvgIpc) is 2.46. The third-order valence-electron chi connectivity index (χ3n) is 5.00. The summed E-state index contributed by atoms with van der Waals surface area (Å²) in [5, 5.41) is 6.27. The molecular formula is C18H40As+. The van der Waals surface area contributed by atoms with Crippen molar-refractivity contribution in [3.63, 3.8) is 0 Å². The predicted molar refractivity (Wildman–Crippen MR) is 93.8 cm³/mol. The van der Waals surface area contributed by atoms with Gasteiger partial charge in [0, 0.05) is 0 Å². The summed E-state index contributed by atoms with van der Waals surface area (Å²) in [7, 11) is 0. The van der Waals surface area contributed by atoms with Crippen LogP contribution in [0.2, 0.25) is 20.8 Å². The average molecular weight is 331 g/mol. The Labute approximate surface area is 126 Å². The van der Waals surface area contributed by atoms with E-state index in [4.69, 9.17) is 0 Å². The van der Waals surface area contributed by atoms with Crippen molar-refractivity contribution in [1.29, 1.82) is 0 Å². The Morgan fingerprint density at radius 1 is 0.474 bits per heavy atom. The zero-order valence-electron chi connectivity index (χ0n) is 14.3. The summed E-state index contributed by atoms with van der Waals surface area (Å²) in [6.07, 6.45) is 14.8. The fourth-order valence-electron chi connectivity index (χ4n) is 3.08. The molecule has 0 atom stereocenters. The first-order chi connectivity index (χ1) is 9.24. The molecule has 0 N–H and O–H groups in total. The molecule has 0 radical (unpaired) electrons. The van der Waals surface area contributed by atoms with Crippen LogP contribution in [0, 0.1) is 0 Å². The normalized spacial score (nSPS) is 12.0. The first kappa shape index (κ1) is 19.6. The molecule has 116 valence electrons. The molecule has 0 fully saturated rings. The van der Waals surface area contributed by atoms with Crippen molar-refractivity contribution < 1.29 is 0 Å². The summed E-state index contributed by atoms with van der Waals surface area (Å²) in [5.41, 5.74) is 0. The van der Waals surface area contributed by atoms with Gasteiger partial charge in [0.25, 0.3) is 0 Å². The van der Waals surface area contributed by atoms with Gasteiger partial charge in [0.1, 0.15) is 0 Å². The van der Waals surface area contributed by atoms with E-state index in [1.807, 2.05) is 0 Å². The van der Waals surface area contributed by atoms with Crippen LogP contribution in [0.25, 0.3) is 0 Å².